The van der Waals surface area contributed by atoms with E-state index in [1.807, 2.05) is 13.1 Å². The molecule has 96 valence electrons. The van der Waals surface area contributed by atoms with Crippen LogP contribution in [0.4, 0.5) is 0 Å². The molecule has 8 nitrogen and oxygen atoms in total. The number of hydrogen-bond donors (Lipinski definition) is 2. The molecule has 2 heterocycles. The van der Waals surface area contributed by atoms with Gasteiger partial charge in [0.15, 0.2) is 0 Å². The fraction of sp³-hybridized carbons (Fsp3) is 0.500. The molecular formula is C10H15N7O. The van der Waals surface area contributed by atoms with Gasteiger partial charge in [0.25, 0.3) is 0 Å². The number of hydrogen-bond acceptors (Lipinski definition) is 5. The zero-order valence-corrected chi connectivity index (χ0v) is 10.1. The highest BCUT2D eigenvalue weighted by atomic mass is 16.2. The summed E-state index contributed by atoms with van der Waals surface area (Å²) in [5.74, 6) is -0.0915. The molecule has 0 aliphatic carbocycles. The minimum absolute atomic E-state index is 0.0915. The minimum Gasteiger partial charge on any atom is -0.354 e. The van der Waals surface area contributed by atoms with Crippen molar-refractivity contribution in [2.45, 2.75) is 26.3 Å². The molecule has 2 aromatic heterocycles. The lowest BCUT2D eigenvalue weighted by Crippen LogP contribution is -2.28. The molecule has 2 aromatic rings. The highest BCUT2D eigenvalue weighted by Crippen LogP contribution is 2.04. The Morgan fingerprint density at radius 2 is 2.44 bits per heavy atom. The molecule has 0 bridgehead atoms. The fourth-order valence-electron chi connectivity index (χ4n) is 1.59. The van der Waals surface area contributed by atoms with E-state index in [-0.39, 0.29) is 12.5 Å². The van der Waals surface area contributed by atoms with Gasteiger partial charge in [-0.15, -0.1) is 5.10 Å². The second-order valence-corrected chi connectivity index (χ2v) is 3.98. The number of aromatic amines is 1. The number of aromatic nitrogens is 6. The van der Waals surface area contributed by atoms with Crippen LogP contribution in [0, 0.1) is 6.92 Å². The van der Waals surface area contributed by atoms with Gasteiger partial charge >= 0.3 is 0 Å². The summed E-state index contributed by atoms with van der Waals surface area (Å²) in [5, 5.41) is 20.2. The lowest BCUT2D eigenvalue weighted by atomic mass is 10.1. The zero-order valence-electron chi connectivity index (χ0n) is 10.1. The van der Waals surface area contributed by atoms with E-state index in [1.54, 1.807) is 0 Å². The lowest BCUT2D eigenvalue weighted by molar-refractivity contribution is -0.121. The molecule has 0 aliphatic heterocycles. The summed E-state index contributed by atoms with van der Waals surface area (Å²) in [6, 6.07) is 0. The van der Waals surface area contributed by atoms with E-state index in [2.05, 4.69) is 31.0 Å². The quantitative estimate of drug-likeness (QED) is 0.669. The standard InChI is InChI=1S/C10H15N7O/c1-8-9(5-12-14-8)3-2-4-11-10(18)6-17-7-13-15-16-17/h5,7H,2-4,6H2,1H3,(H,11,18)(H,12,14). The Balaban J connectivity index is 1.63. The van der Waals surface area contributed by atoms with E-state index < -0.39 is 0 Å². The molecule has 0 radical (unpaired) electrons. The lowest BCUT2D eigenvalue weighted by Gasteiger charge is -2.04. The van der Waals surface area contributed by atoms with Gasteiger partial charge in [-0.05, 0) is 35.8 Å². The first-order valence-corrected chi connectivity index (χ1v) is 5.72. The Morgan fingerprint density at radius 1 is 1.56 bits per heavy atom. The molecule has 0 aromatic carbocycles. The largest absolute Gasteiger partial charge is 0.354 e. The van der Waals surface area contributed by atoms with E-state index >= 15 is 0 Å². The van der Waals surface area contributed by atoms with Crippen LogP contribution in [0.25, 0.3) is 0 Å². The van der Waals surface area contributed by atoms with E-state index in [1.165, 1.54) is 16.6 Å². The predicted molar refractivity (Wildman–Crippen MR) is 62.5 cm³/mol. The van der Waals surface area contributed by atoms with Crippen LogP contribution < -0.4 is 5.32 Å². The first-order valence-electron chi connectivity index (χ1n) is 5.72. The molecule has 18 heavy (non-hydrogen) atoms. The number of carbonyl (C=O) groups is 1. The molecule has 0 unspecified atom stereocenters. The smallest absolute Gasteiger partial charge is 0.241 e. The summed E-state index contributed by atoms with van der Waals surface area (Å²) in [6.45, 7) is 2.77. The summed E-state index contributed by atoms with van der Waals surface area (Å²) in [5.41, 5.74) is 2.26. The molecule has 0 aliphatic rings. The molecule has 0 saturated heterocycles. The van der Waals surface area contributed by atoms with Crippen LogP contribution in [0.1, 0.15) is 17.7 Å². The fourth-order valence-corrected chi connectivity index (χ4v) is 1.59. The number of H-pyrrole nitrogens is 1. The topological polar surface area (TPSA) is 101 Å². The maximum atomic E-state index is 11.5. The monoisotopic (exact) mass is 249 g/mol. The summed E-state index contributed by atoms with van der Waals surface area (Å²) >= 11 is 0. The normalized spacial score (nSPS) is 10.5. The average molecular weight is 249 g/mol. The Bertz CT molecular complexity index is 490. The second-order valence-electron chi connectivity index (χ2n) is 3.98. The van der Waals surface area contributed by atoms with Crippen molar-refractivity contribution >= 4 is 5.91 Å². The average Bonchev–Trinajstić information content (AvgIpc) is 2.97. The second kappa shape index (κ2) is 5.89. The van der Waals surface area contributed by atoms with Gasteiger partial charge in [0.2, 0.25) is 5.91 Å². The first-order chi connectivity index (χ1) is 8.75. The minimum atomic E-state index is -0.0915. The summed E-state index contributed by atoms with van der Waals surface area (Å²) in [6.07, 6.45) is 5.00. The summed E-state index contributed by atoms with van der Waals surface area (Å²) < 4.78 is 1.38. The van der Waals surface area contributed by atoms with Crippen molar-refractivity contribution in [1.82, 2.24) is 35.7 Å². The molecule has 0 fully saturated rings. The third kappa shape index (κ3) is 3.37. The Morgan fingerprint density at radius 3 is 3.11 bits per heavy atom. The summed E-state index contributed by atoms with van der Waals surface area (Å²) in [4.78, 5) is 11.5. The van der Waals surface area contributed by atoms with Crippen LogP contribution in [0.2, 0.25) is 0 Å². The maximum absolute atomic E-state index is 11.5. The van der Waals surface area contributed by atoms with Gasteiger partial charge in [-0.25, -0.2) is 4.68 Å². The highest BCUT2D eigenvalue weighted by molar-refractivity contribution is 5.75. The molecule has 0 spiro atoms. The number of carbonyl (C=O) groups excluding carboxylic acids is 1. The van der Waals surface area contributed by atoms with Gasteiger partial charge in [-0.1, -0.05) is 0 Å². The van der Waals surface area contributed by atoms with E-state index in [0.29, 0.717) is 6.54 Å². The van der Waals surface area contributed by atoms with Gasteiger partial charge in [0, 0.05) is 12.2 Å². The number of amides is 1. The van der Waals surface area contributed by atoms with Crippen molar-refractivity contribution in [3.63, 3.8) is 0 Å². The van der Waals surface area contributed by atoms with Crippen molar-refractivity contribution in [3.05, 3.63) is 23.8 Å². The molecular weight excluding hydrogens is 234 g/mol. The molecule has 2 N–H and O–H groups in total. The van der Waals surface area contributed by atoms with Crippen LogP contribution in [0.15, 0.2) is 12.5 Å². The Kier molecular flexibility index (Phi) is 4.00. The number of nitrogens with zero attached hydrogens (tertiary/aromatic N) is 5. The van der Waals surface area contributed by atoms with Gasteiger partial charge < -0.3 is 5.32 Å². The van der Waals surface area contributed by atoms with E-state index in [4.69, 9.17) is 0 Å². The highest BCUT2D eigenvalue weighted by Gasteiger charge is 2.04. The van der Waals surface area contributed by atoms with Crippen LogP contribution >= 0.6 is 0 Å². The van der Waals surface area contributed by atoms with Gasteiger partial charge in [-0.3, -0.25) is 9.89 Å². The van der Waals surface area contributed by atoms with Gasteiger partial charge in [0.1, 0.15) is 12.9 Å². The van der Waals surface area contributed by atoms with Crippen molar-refractivity contribution in [1.29, 1.82) is 0 Å². The molecule has 8 heteroatoms. The predicted octanol–water partition coefficient (Wildman–Crippen LogP) is -0.546. The van der Waals surface area contributed by atoms with Gasteiger partial charge in [-0.2, -0.15) is 5.10 Å². The number of aryl methyl sites for hydroxylation is 2. The maximum Gasteiger partial charge on any atom is 0.241 e. The number of nitrogens with one attached hydrogen (secondary N) is 2. The zero-order chi connectivity index (χ0) is 12.8. The molecule has 2 rings (SSSR count). The summed E-state index contributed by atoms with van der Waals surface area (Å²) in [7, 11) is 0. The first kappa shape index (κ1) is 12.2. The van der Waals surface area contributed by atoms with Crippen LogP contribution in [-0.2, 0) is 17.8 Å². The van der Waals surface area contributed by atoms with Crippen LogP contribution in [0.5, 0.6) is 0 Å². The molecule has 0 atom stereocenters. The SMILES string of the molecule is Cc1[nH]ncc1CCCNC(=O)Cn1cnnn1. The van der Waals surface area contributed by atoms with Gasteiger partial charge in [0.05, 0.1) is 6.20 Å². The van der Waals surface area contributed by atoms with Crippen molar-refractivity contribution < 1.29 is 4.79 Å². The third-order valence-electron chi connectivity index (χ3n) is 2.58. The molecule has 0 saturated carbocycles. The molecule has 1 amide bonds. The number of rotatable bonds is 6. The van der Waals surface area contributed by atoms with Crippen LogP contribution in [-0.4, -0.2) is 42.9 Å². The van der Waals surface area contributed by atoms with Crippen molar-refractivity contribution in [3.8, 4) is 0 Å². The van der Waals surface area contributed by atoms with E-state index in [9.17, 15) is 4.79 Å². The Labute approximate surface area is 104 Å². The van der Waals surface area contributed by atoms with E-state index in [0.717, 1.165) is 18.5 Å². The Hall–Kier alpha value is -2.25. The van der Waals surface area contributed by atoms with Crippen molar-refractivity contribution in [2.24, 2.45) is 0 Å². The third-order valence-corrected chi connectivity index (χ3v) is 2.58. The number of tetrazole rings is 1. The van der Waals surface area contributed by atoms with Crippen LogP contribution in [0.3, 0.4) is 0 Å². The van der Waals surface area contributed by atoms with Crippen molar-refractivity contribution in [2.75, 3.05) is 6.54 Å².